The number of rotatable bonds is 23. The van der Waals surface area contributed by atoms with Gasteiger partial charge in [-0.3, -0.25) is 38.4 Å². The molecule has 6 heterocycles. The van der Waals surface area contributed by atoms with Crippen molar-refractivity contribution in [3.8, 4) is 0 Å². The average molecular weight is 1200 g/mol. The topological polar surface area (TPSA) is 407 Å². The first-order valence-corrected chi connectivity index (χ1v) is 28.7. The predicted molar refractivity (Wildman–Crippen MR) is 295 cm³/mol. The number of Topliss-reactive ketones (excluding diaryl/α,β-unsaturated/α-hetero) is 2. The lowest BCUT2D eigenvalue weighted by molar-refractivity contribution is -0.142. The number of esters is 6. The fraction of sp³-hybridized carbons (Fsp3) is 0.750. The Balaban J connectivity index is 0.000000506. The van der Waals surface area contributed by atoms with Gasteiger partial charge in [0.15, 0.2) is 0 Å². The molecule has 84 heavy (non-hydrogen) atoms. The van der Waals surface area contributed by atoms with Gasteiger partial charge in [0.2, 0.25) is 35.4 Å². The molecule has 28 nitrogen and oxygen atoms in total. The van der Waals surface area contributed by atoms with Gasteiger partial charge in [-0.05, 0) is 30.6 Å². The lowest BCUT2D eigenvalue weighted by atomic mass is 10.0. The maximum absolute atomic E-state index is 11.5. The number of carbonyl (C=O) groups excluding carboxylic acids is 14. The highest BCUT2D eigenvalue weighted by molar-refractivity contribution is 6.00. The Labute approximate surface area is 490 Å². The standard InChI is InChI=1S/C11H19NO4.C11H17NO4.C9H15NO4.C9H13NO4.C9H15NO3.C7H11NO3/c2*1-7(2)5-8(13)6-10(14)12-9-3-4-16-11(9)15;2*1-2-6(11)5-8(12)10-7-3-4-14-9(7)13;1-6(2)5-8(11)10-7-3-4-13-9(7)12;1-2-6(9)8-5-3-4-11-7(5)10/h7-9,13H,3-6H2,1-2H3,(H,12,14);7,9H,3-6H2,1-2H3,(H,12,14);6-7,11H,2-5H2,1H3,(H,10,12);7H,2-5H2,1H3,(H,10,12);6-7H,3-5H2,1-2H3,(H,10,11);5H,2-4H2,1H3,(H,8,9). The van der Waals surface area contributed by atoms with Crippen molar-refractivity contribution in [3.05, 3.63) is 0 Å². The molecule has 8 N–H and O–H groups in total. The molecule has 0 radical (unpaired) electrons. The minimum absolute atomic E-state index is 0.0419. The minimum Gasteiger partial charge on any atom is -0.464 e. The van der Waals surface area contributed by atoms with E-state index in [1.165, 1.54) is 0 Å². The molecule has 0 saturated carbocycles. The Morgan fingerprint density at radius 1 is 0.369 bits per heavy atom. The molecule has 6 saturated heterocycles. The van der Waals surface area contributed by atoms with E-state index in [1.807, 2.05) is 41.5 Å². The number of nitrogens with one attached hydrogen (secondary N) is 6. The molecule has 6 amide bonds. The molecular weight excluding hydrogens is 1110 g/mol. The summed E-state index contributed by atoms with van der Waals surface area (Å²) in [6.07, 6.45) is 4.44. The summed E-state index contributed by atoms with van der Waals surface area (Å²) in [6.45, 7) is 19.2. The van der Waals surface area contributed by atoms with Crippen molar-refractivity contribution in [1.29, 1.82) is 0 Å². The highest BCUT2D eigenvalue weighted by atomic mass is 16.6. The van der Waals surface area contributed by atoms with E-state index >= 15 is 0 Å². The number of aliphatic hydroxyl groups excluding tert-OH is 2. The van der Waals surface area contributed by atoms with Gasteiger partial charge in [0.05, 0.1) is 77.5 Å². The molecule has 0 bridgehead atoms. The van der Waals surface area contributed by atoms with Gasteiger partial charge >= 0.3 is 35.8 Å². The molecule has 8 atom stereocenters. The number of carbonyl (C=O) groups is 14. The number of hydrogen-bond donors (Lipinski definition) is 8. The maximum atomic E-state index is 11.5. The third-order valence-corrected chi connectivity index (χ3v) is 12.3. The molecule has 476 valence electrons. The van der Waals surface area contributed by atoms with E-state index in [9.17, 15) is 77.3 Å². The first-order valence-electron chi connectivity index (χ1n) is 28.7. The number of ether oxygens (including phenoxy) is 6. The van der Waals surface area contributed by atoms with E-state index in [4.69, 9.17) is 14.2 Å². The van der Waals surface area contributed by atoms with Gasteiger partial charge in [-0.2, -0.15) is 0 Å². The molecule has 0 aromatic rings. The molecule has 6 aliphatic rings. The van der Waals surface area contributed by atoms with Crippen molar-refractivity contribution in [2.75, 3.05) is 39.6 Å². The third kappa shape index (κ3) is 33.3. The van der Waals surface area contributed by atoms with Crippen LogP contribution in [0.1, 0.15) is 165 Å². The maximum Gasteiger partial charge on any atom is 0.328 e. The first kappa shape index (κ1) is 74.9. The van der Waals surface area contributed by atoms with Gasteiger partial charge in [0, 0.05) is 64.2 Å². The largest absolute Gasteiger partial charge is 0.464 e. The van der Waals surface area contributed by atoms with Crippen LogP contribution in [0.4, 0.5) is 0 Å². The Hall–Kier alpha value is -7.10. The van der Waals surface area contributed by atoms with Crippen LogP contribution in [-0.2, 0) is 95.5 Å². The SMILES string of the molecule is CC(C)CC(=O)CC(=O)NC1CCOC1=O.CC(C)CC(=O)NC1CCOC1=O.CC(C)CC(O)CC(=O)NC1CCOC1=O.CCC(=O)CC(=O)NC1CCOC1=O.CCC(=O)NC1CCOC1=O.CCC(O)CC(=O)NC1CCOC1=O. The van der Waals surface area contributed by atoms with Crippen LogP contribution in [0.2, 0.25) is 0 Å². The van der Waals surface area contributed by atoms with E-state index < -0.39 is 72.2 Å². The quantitative estimate of drug-likeness (QED) is 0.0387. The Morgan fingerprint density at radius 2 is 0.643 bits per heavy atom. The fourth-order valence-corrected chi connectivity index (χ4v) is 7.89. The molecule has 0 aromatic carbocycles. The van der Waals surface area contributed by atoms with E-state index in [2.05, 4.69) is 46.1 Å². The highest BCUT2D eigenvalue weighted by Crippen LogP contribution is 2.13. The van der Waals surface area contributed by atoms with Crippen LogP contribution in [0.25, 0.3) is 0 Å². The molecule has 6 fully saturated rings. The zero-order valence-electron chi connectivity index (χ0n) is 50.0. The summed E-state index contributed by atoms with van der Waals surface area (Å²) in [7, 11) is 0. The minimum atomic E-state index is -0.641. The summed E-state index contributed by atoms with van der Waals surface area (Å²) in [5, 5.41) is 34.0. The van der Waals surface area contributed by atoms with Gasteiger partial charge in [-0.25, -0.2) is 28.8 Å². The molecule has 6 aliphatic heterocycles. The van der Waals surface area contributed by atoms with Crippen LogP contribution in [0.3, 0.4) is 0 Å². The molecule has 28 heteroatoms. The number of ketones is 2. The summed E-state index contributed by atoms with van der Waals surface area (Å²) in [5.41, 5.74) is 0. The monoisotopic (exact) mass is 1200 g/mol. The van der Waals surface area contributed by atoms with Crippen LogP contribution in [-0.4, -0.2) is 181 Å². The number of hydrogen-bond acceptors (Lipinski definition) is 22. The summed E-state index contributed by atoms with van der Waals surface area (Å²) in [5.74, 6) is -3.10. The van der Waals surface area contributed by atoms with Gasteiger partial charge in [-0.15, -0.1) is 0 Å². The fourth-order valence-electron chi connectivity index (χ4n) is 7.89. The second-order valence-corrected chi connectivity index (χ2v) is 21.5. The van der Waals surface area contributed by atoms with E-state index in [0.29, 0.717) is 129 Å². The highest BCUT2D eigenvalue weighted by Gasteiger charge is 2.32. The van der Waals surface area contributed by atoms with Gasteiger partial charge in [0.1, 0.15) is 47.8 Å². The van der Waals surface area contributed by atoms with Crippen LogP contribution < -0.4 is 31.9 Å². The van der Waals surface area contributed by atoms with Crippen molar-refractivity contribution in [2.24, 2.45) is 17.8 Å². The zero-order chi connectivity index (χ0) is 63.5. The van der Waals surface area contributed by atoms with E-state index in [-0.39, 0.29) is 90.7 Å². The van der Waals surface area contributed by atoms with Gasteiger partial charge in [-0.1, -0.05) is 62.3 Å². The first-order chi connectivity index (χ1) is 39.6. The van der Waals surface area contributed by atoms with Gasteiger partial charge in [0.25, 0.3) is 0 Å². The van der Waals surface area contributed by atoms with Crippen molar-refractivity contribution < 1.29 is 106 Å². The number of amides is 6. The normalized spacial score (nSPS) is 21.5. The van der Waals surface area contributed by atoms with Crippen LogP contribution in [0.5, 0.6) is 0 Å². The van der Waals surface area contributed by atoms with Gasteiger partial charge < -0.3 is 70.5 Å². The molecule has 0 spiro atoms. The molecule has 8 unspecified atom stereocenters. The average Bonchev–Trinajstić information content (AvgIpc) is 4.32. The van der Waals surface area contributed by atoms with Crippen LogP contribution in [0.15, 0.2) is 0 Å². The summed E-state index contributed by atoms with van der Waals surface area (Å²) >= 11 is 0. The number of aliphatic hydroxyl groups is 2. The van der Waals surface area contributed by atoms with Crippen molar-refractivity contribution in [3.63, 3.8) is 0 Å². The lowest BCUT2D eigenvalue weighted by Gasteiger charge is -2.14. The molecule has 0 aromatic heterocycles. The summed E-state index contributed by atoms with van der Waals surface area (Å²) < 4.78 is 28.1. The molecule has 6 rings (SSSR count). The Bertz CT molecular complexity index is 2220. The van der Waals surface area contributed by atoms with Crippen molar-refractivity contribution >= 4 is 82.8 Å². The number of cyclic esters (lactones) is 6. The predicted octanol–water partition coefficient (Wildman–Crippen LogP) is 0.297. The van der Waals surface area contributed by atoms with Crippen LogP contribution >= 0.6 is 0 Å². The second kappa shape index (κ2) is 41.0. The summed E-state index contributed by atoms with van der Waals surface area (Å²) in [4.78, 5) is 155. The zero-order valence-corrected chi connectivity index (χ0v) is 50.0. The Kier molecular flexibility index (Phi) is 36.6. The summed E-state index contributed by atoms with van der Waals surface area (Å²) in [6, 6.07) is -2.99. The lowest BCUT2D eigenvalue weighted by Crippen LogP contribution is -2.39. The molecule has 0 aliphatic carbocycles. The molecular formula is C56H90N6O22. The van der Waals surface area contributed by atoms with E-state index in [1.54, 1.807) is 20.8 Å². The third-order valence-electron chi connectivity index (χ3n) is 12.3. The van der Waals surface area contributed by atoms with E-state index in [0.717, 1.165) is 0 Å². The van der Waals surface area contributed by atoms with Crippen molar-refractivity contribution in [1.82, 2.24) is 31.9 Å². The Morgan fingerprint density at radius 3 is 0.893 bits per heavy atom. The second-order valence-electron chi connectivity index (χ2n) is 21.5. The van der Waals surface area contributed by atoms with Crippen LogP contribution in [0, 0.1) is 17.8 Å². The smallest absolute Gasteiger partial charge is 0.328 e. The van der Waals surface area contributed by atoms with Crippen molar-refractivity contribution in [2.45, 2.75) is 214 Å².